The number of nitrogens with one attached hydrogen (secondary N) is 2. The summed E-state index contributed by atoms with van der Waals surface area (Å²) in [5.74, 6) is 0.385. The van der Waals surface area contributed by atoms with Gasteiger partial charge in [0.1, 0.15) is 0 Å². The lowest BCUT2D eigenvalue weighted by Gasteiger charge is -2.13. The second kappa shape index (κ2) is 8.10. The molecule has 26 heavy (non-hydrogen) atoms. The Kier molecular flexibility index (Phi) is 5.63. The van der Waals surface area contributed by atoms with Crippen molar-refractivity contribution in [1.82, 2.24) is 5.32 Å². The van der Waals surface area contributed by atoms with Crippen molar-refractivity contribution in [2.75, 3.05) is 25.1 Å². The zero-order chi connectivity index (χ0) is 18.5. The van der Waals surface area contributed by atoms with Gasteiger partial charge in [-0.25, -0.2) is 0 Å². The van der Waals surface area contributed by atoms with Gasteiger partial charge in [0.25, 0.3) is 5.91 Å². The first-order valence-electron chi connectivity index (χ1n) is 8.27. The summed E-state index contributed by atoms with van der Waals surface area (Å²) in [6, 6.07) is 10.3. The quantitative estimate of drug-likeness (QED) is 0.861. The zero-order valence-corrected chi connectivity index (χ0v) is 15.1. The van der Waals surface area contributed by atoms with Crippen LogP contribution in [-0.4, -0.2) is 31.6 Å². The first-order chi connectivity index (χ1) is 12.5. The normalized spacial score (nSPS) is 12.8. The lowest BCUT2D eigenvalue weighted by Crippen LogP contribution is -2.32. The minimum absolute atomic E-state index is 0.169. The van der Waals surface area contributed by atoms with Crippen molar-refractivity contribution in [3.05, 3.63) is 52.5 Å². The molecule has 136 valence electrons. The van der Waals surface area contributed by atoms with Crippen LogP contribution < -0.4 is 20.1 Å². The van der Waals surface area contributed by atoms with E-state index in [0.29, 0.717) is 41.0 Å². The number of carbonyl (C=O) groups is 2. The smallest absolute Gasteiger partial charge is 0.251 e. The van der Waals surface area contributed by atoms with Gasteiger partial charge in [0.15, 0.2) is 11.5 Å². The Morgan fingerprint density at radius 2 is 1.73 bits per heavy atom. The predicted octanol–water partition coefficient (Wildman–Crippen LogP) is 3.18. The number of rotatable bonds is 4. The fourth-order valence-corrected chi connectivity index (χ4v) is 2.64. The third-order valence-electron chi connectivity index (χ3n) is 3.83. The molecule has 7 heteroatoms. The number of aryl methyl sites for hydroxylation is 1. The molecule has 0 aliphatic carbocycles. The maximum Gasteiger partial charge on any atom is 0.251 e. The molecule has 0 bridgehead atoms. The number of amides is 2. The summed E-state index contributed by atoms with van der Waals surface area (Å²) in [6.07, 6.45) is 0.777. The van der Waals surface area contributed by atoms with E-state index < -0.39 is 0 Å². The van der Waals surface area contributed by atoms with Crippen LogP contribution in [0.4, 0.5) is 5.69 Å². The molecule has 1 aliphatic rings. The zero-order valence-electron chi connectivity index (χ0n) is 14.3. The molecule has 6 nitrogen and oxygen atoms in total. The van der Waals surface area contributed by atoms with Gasteiger partial charge in [-0.2, -0.15) is 0 Å². The Morgan fingerprint density at radius 3 is 2.42 bits per heavy atom. The summed E-state index contributed by atoms with van der Waals surface area (Å²) >= 11 is 6.19. The second-order valence-corrected chi connectivity index (χ2v) is 6.33. The lowest BCUT2D eigenvalue weighted by molar-refractivity contribution is -0.115. The van der Waals surface area contributed by atoms with Crippen molar-refractivity contribution < 1.29 is 19.1 Å². The standard InChI is InChI=1S/C19H19ClN2O4/c1-12-3-5-13(6-4-12)19(24)21-11-18(23)22-15-10-17-16(9-14(15)20)25-7-2-8-26-17/h3-6,9-10H,2,7-8,11H2,1H3,(H,21,24)(H,22,23). The van der Waals surface area contributed by atoms with Crippen LogP contribution in [0.1, 0.15) is 22.3 Å². The van der Waals surface area contributed by atoms with Gasteiger partial charge < -0.3 is 20.1 Å². The van der Waals surface area contributed by atoms with Gasteiger partial charge in [0.2, 0.25) is 5.91 Å². The van der Waals surface area contributed by atoms with Crippen LogP contribution in [0.15, 0.2) is 36.4 Å². The largest absolute Gasteiger partial charge is 0.490 e. The molecule has 0 radical (unpaired) electrons. The molecule has 2 amide bonds. The van der Waals surface area contributed by atoms with Crippen LogP contribution in [0.25, 0.3) is 0 Å². The number of benzene rings is 2. The molecular formula is C19H19ClN2O4. The van der Waals surface area contributed by atoms with Crippen molar-refractivity contribution in [3.8, 4) is 11.5 Å². The van der Waals surface area contributed by atoms with E-state index in [9.17, 15) is 9.59 Å². The third-order valence-corrected chi connectivity index (χ3v) is 4.15. The number of fused-ring (bicyclic) bond motifs is 1. The topological polar surface area (TPSA) is 76.7 Å². The summed E-state index contributed by atoms with van der Waals surface area (Å²) in [7, 11) is 0. The highest BCUT2D eigenvalue weighted by molar-refractivity contribution is 6.34. The van der Waals surface area contributed by atoms with Crippen molar-refractivity contribution in [2.45, 2.75) is 13.3 Å². The second-order valence-electron chi connectivity index (χ2n) is 5.93. The van der Waals surface area contributed by atoms with Crippen LogP contribution in [0.3, 0.4) is 0 Å². The first-order valence-corrected chi connectivity index (χ1v) is 8.64. The molecule has 0 fully saturated rings. The number of hydrogen-bond donors (Lipinski definition) is 2. The average molecular weight is 375 g/mol. The van der Waals surface area contributed by atoms with E-state index >= 15 is 0 Å². The van der Waals surface area contributed by atoms with Crippen LogP contribution in [0.5, 0.6) is 11.5 Å². The van der Waals surface area contributed by atoms with Gasteiger partial charge in [-0.15, -0.1) is 0 Å². The first kappa shape index (κ1) is 18.1. The van der Waals surface area contributed by atoms with Gasteiger partial charge >= 0.3 is 0 Å². The maximum atomic E-state index is 12.1. The molecular weight excluding hydrogens is 356 g/mol. The maximum absolute atomic E-state index is 12.1. The minimum Gasteiger partial charge on any atom is -0.490 e. The number of hydrogen-bond acceptors (Lipinski definition) is 4. The lowest BCUT2D eigenvalue weighted by atomic mass is 10.1. The average Bonchev–Trinajstić information content (AvgIpc) is 2.85. The van der Waals surface area contributed by atoms with Crippen LogP contribution >= 0.6 is 11.6 Å². The molecule has 0 saturated carbocycles. The van der Waals surface area contributed by atoms with Crippen molar-refractivity contribution >= 4 is 29.1 Å². The number of ether oxygens (including phenoxy) is 2. The molecule has 0 aromatic heterocycles. The molecule has 1 aliphatic heterocycles. The fraction of sp³-hybridized carbons (Fsp3) is 0.263. The predicted molar refractivity (Wildman–Crippen MR) is 99.2 cm³/mol. The molecule has 0 unspecified atom stereocenters. The van der Waals surface area contributed by atoms with Gasteiger partial charge in [-0.1, -0.05) is 29.3 Å². The number of halogens is 1. The molecule has 0 spiro atoms. The van der Waals surface area contributed by atoms with E-state index in [1.165, 1.54) is 0 Å². The van der Waals surface area contributed by atoms with Gasteiger partial charge in [-0.3, -0.25) is 9.59 Å². The van der Waals surface area contributed by atoms with Crippen molar-refractivity contribution in [3.63, 3.8) is 0 Å². The minimum atomic E-state index is -0.387. The summed E-state index contributed by atoms with van der Waals surface area (Å²) < 4.78 is 11.1. The molecule has 3 rings (SSSR count). The Bertz CT molecular complexity index is 821. The number of anilines is 1. The van der Waals surface area contributed by atoms with E-state index in [1.54, 1.807) is 24.3 Å². The molecule has 2 aromatic rings. The van der Waals surface area contributed by atoms with Crippen molar-refractivity contribution in [1.29, 1.82) is 0 Å². The fourth-order valence-electron chi connectivity index (χ4n) is 2.44. The highest BCUT2D eigenvalue weighted by Crippen LogP contribution is 2.37. The van der Waals surface area contributed by atoms with E-state index in [0.717, 1.165) is 12.0 Å². The van der Waals surface area contributed by atoms with Crippen molar-refractivity contribution in [2.24, 2.45) is 0 Å². The molecule has 2 N–H and O–H groups in total. The monoisotopic (exact) mass is 374 g/mol. The van der Waals surface area contributed by atoms with Crippen LogP contribution in [0.2, 0.25) is 5.02 Å². The van der Waals surface area contributed by atoms with Gasteiger partial charge in [0.05, 0.1) is 30.5 Å². The summed E-state index contributed by atoms with van der Waals surface area (Å²) in [6.45, 7) is 2.86. The third kappa shape index (κ3) is 4.46. The highest BCUT2D eigenvalue weighted by Gasteiger charge is 2.16. The number of carbonyl (C=O) groups excluding carboxylic acids is 2. The Morgan fingerprint density at radius 1 is 1.08 bits per heavy atom. The van der Waals surface area contributed by atoms with Crippen LogP contribution in [-0.2, 0) is 4.79 Å². The van der Waals surface area contributed by atoms with Gasteiger partial charge in [0, 0.05) is 24.1 Å². The highest BCUT2D eigenvalue weighted by atomic mass is 35.5. The Balaban J connectivity index is 1.60. The van der Waals surface area contributed by atoms with E-state index in [-0.39, 0.29) is 18.4 Å². The summed E-state index contributed by atoms with van der Waals surface area (Å²) in [5.41, 5.74) is 1.96. The van der Waals surface area contributed by atoms with E-state index in [1.807, 2.05) is 19.1 Å². The van der Waals surface area contributed by atoms with Crippen LogP contribution in [0, 0.1) is 6.92 Å². The molecule has 2 aromatic carbocycles. The van der Waals surface area contributed by atoms with E-state index in [4.69, 9.17) is 21.1 Å². The molecule has 0 saturated heterocycles. The molecule has 0 atom stereocenters. The summed E-state index contributed by atoms with van der Waals surface area (Å²) in [4.78, 5) is 24.2. The Labute approximate surface area is 156 Å². The van der Waals surface area contributed by atoms with E-state index in [2.05, 4.69) is 10.6 Å². The molecule has 1 heterocycles. The SMILES string of the molecule is Cc1ccc(C(=O)NCC(=O)Nc2cc3c(cc2Cl)OCCCO3)cc1. The van der Waals surface area contributed by atoms with Gasteiger partial charge in [-0.05, 0) is 19.1 Å². The Hall–Kier alpha value is -2.73. The summed E-state index contributed by atoms with van der Waals surface area (Å²) in [5, 5.41) is 5.60.